The maximum atomic E-state index is 12.4. The largest absolute Gasteiger partial charge is 0.455 e. The molecule has 3 rings (SSSR count). The van der Waals surface area contributed by atoms with Gasteiger partial charge in [0, 0.05) is 34.8 Å². The number of hydrogen-bond donors (Lipinski definition) is 1. The number of halogens is 1. The summed E-state index contributed by atoms with van der Waals surface area (Å²) in [5.74, 6) is -2.25. The van der Waals surface area contributed by atoms with Crippen molar-refractivity contribution >= 4 is 50.8 Å². The molecule has 10 heteroatoms. The Morgan fingerprint density at radius 3 is 2.65 bits per heavy atom. The standard InChI is InChI=1S/C21H20BrN3O6/c1-12-3-5-16(9-18(12)25(29)30)24-10-14(8-20(24)27)21(28)31-11-19(26)23-17-6-4-15(22)7-13(17)2/h3-7,9,14H,8,10-11H2,1-2H3,(H,23,26)/t14-/m0/s1. The van der Waals surface area contributed by atoms with Gasteiger partial charge in [0.05, 0.1) is 16.5 Å². The van der Waals surface area contributed by atoms with E-state index in [1.807, 2.05) is 13.0 Å². The van der Waals surface area contributed by atoms with Crippen LogP contribution >= 0.6 is 15.9 Å². The SMILES string of the molecule is Cc1cc(Br)ccc1NC(=O)COC(=O)[C@H]1CC(=O)N(c2ccc(C)c([N+](=O)[O-])c2)C1. The molecule has 2 aromatic carbocycles. The minimum absolute atomic E-state index is 0.0331. The fourth-order valence-corrected chi connectivity index (χ4v) is 3.76. The first-order valence-corrected chi connectivity index (χ1v) is 10.2. The minimum atomic E-state index is -0.755. The fraction of sp³-hybridized carbons (Fsp3) is 0.286. The van der Waals surface area contributed by atoms with Gasteiger partial charge in [-0.05, 0) is 43.7 Å². The number of aryl methyl sites for hydroxylation is 2. The van der Waals surface area contributed by atoms with Gasteiger partial charge in [0.2, 0.25) is 5.91 Å². The molecule has 9 nitrogen and oxygen atoms in total. The van der Waals surface area contributed by atoms with E-state index in [-0.39, 0.29) is 24.6 Å². The number of nitro benzene ring substituents is 1. The Bertz CT molecular complexity index is 1070. The van der Waals surface area contributed by atoms with Crippen LogP contribution in [0.5, 0.6) is 0 Å². The Morgan fingerprint density at radius 2 is 1.97 bits per heavy atom. The summed E-state index contributed by atoms with van der Waals surface area (Å²) in [6.07, 6.45) is -0.0893. The maximum Gasteiger partial charge on any atom is 0.311 e. The van der Waals surface area contributed by atoms with Gasteiger partial charge in [0.15, 0.2) is 6.61 Å². The Balaban J connectivity index is 1.58. The lowest BCUT2D eigenvalue weighted by molar-refractivity contribution is -0.385. The van der Waals surface area contributed by atoms with Crippen molar-refractivity contribution in [1.29, 1.82) is 0 Å². The normalized spacial score (nSPS) is 15.6. The number of nitrogens with one attached hydrogen (secondary N) is 1. The predicted octanol–water partition coefficient (Wildman–Crippen LogP) is 3.51. The third-order valence-corrected chi connectivity index (χ3v) is 5.46. The third-order valence-electron chi connectivity index (χ3n) is 4.97. The summed E-state index contributed by atoms with van der Waals surface area (Å²) < 4.78 is 5.97. The highest BCUT2D eigenvalue weighted by Gasteiger charge is 2.37. The molecule has 1 fully saturated rings. The van der Waals surface area contributed by atoms with Crippen molar-refractivity contribution in [2.45, 2.75) is 20.3 Å². The van der Waals surface area contributed by atoms with Gasteiger partial charge in [-0.3, -0.25) is 24.5 Å². The highest BCUT2D eigenvalue weighted by atomic mass is 79.9. The van der Waals surface area contributed by atoms with Gasteiger partial charge in [-0.1, -0.05) is 22.0 Å². The topological polar surface area (TPSA) is 119 Å². The van der Waals surface area contributed by atoms with Gasteiger partial charge in [0.1, 0.15) is 0 Å². The number of amides is 2. The zero-order valence-electron chi connectivity index (χ0n) is 16.9. The van der Waals surface area contributed by atoms with Gasteiger partial charge in [-0.15, -0.1) is 0 Å². The second-order valence-electron chi connectivity index (χ2n) is 7.25. The van der Waals surface area contributed by atoms with E-state index >= 15 is 0 Å². The molecule has 0 radical (unpaired) electrons. The van der Waals surface area contributed by atoms with E-state index in [2.05, 4.69) is 21.2 Å². The number of nitro groups is 1. The number of carbonyl (C=O) groups excluding carboxylic acids is 3. The quantitative estimate of drug-likeness (QED) is 0.376. The van der Waals surface area contributed by atoms with E-state index in [0.717, 1.165) is 10.0 Å². The number of nitrogens with zero attached hydrogens (tertiary/aromatic N) is 2. The fourth-order valence-electron chi connectivity index (χ4n) is 3.29. The summed E-state index contributed by atoms with van der Waals surface area (Å²) in [6, 6.07) is 9.82. The molecule has 0 spiro atoms. The number of esters is 1. The van der Waals surface area contributed by atoms with Crippen LogP contribution in [0, 0.1) is 29.9 Å². The molecule has 2 amide bonds. The second-order valence-corrected chi connectivity index (χ2v) is 8.16. The van der Waals surface area contributed by atoms with Crippen molar-refractivity contribution in [1.82, 2.24) is 0 Å². The van der Waals surface area contributed by atoms with Crippen LogP contribution in [0.15, 0.2) is 40.9 Å². The zero-order valence-corrected chi connectivity index (χ0v) is 18.5. The van der Waals surface area contributed by atoms with Crippen LogP contribution in [-0.4, -0.2) is 35.9 Å². The van der Waals surface area contributed by atoms with Crippen LogP contribution in [-0.2, 0) is 19.1 Å². The Morgan fingerprint density at radius 1 is 1.23 bits per heavy atom. The average molecular weight is 490 g/mol. The molecule has 1 saturated heterocycles. The molecule has 0 aromatic heterocycles. The molecule has 162 valence electrons. The van der Waals surface area contributed by atoms with Crippen molar-refractivity contribution in [3.05, 3.63) is 62.1 Å². The first-order valence-electron chi connectivity index (χ1n) is 9.43. The van der Waals surface area contributed by atoms with Gasteiger partial charge >= 0.3 is 5.97 Å². The molecule has 1 aliphatic rings. The first-order chi connectivity index (χ1) is 14.7. The summed E-state index contributed by atoms with van der Waals surface area (Å²) in [6.45, 7) is 3.00. The monoisotopic (exact) mass is 489 g/mol. The van der Waals surface area contributed by atoms with Crippen LogP contribution in [0.4, 0.5) is 17.1 Å². The van der Waals surface area contributed by atoms with Crippen LogP contribution in [0.2, 0.25) is 0 Å². The number of rotatable bonds is 6. The molecule has 1 atom stereocenters. The minimum Gasteiger partial charge on any atom is -0.455 e. The summed E-state index contributed by atoms with van der Waals surface area (Å²) >= 11 is 3.34. The molecule has 1 heterocycles. The number of anilines is 2. The molecular formula is C21H20BrN3O6. The van der Waals surface area contributed by atoms with E-state index in [4.69, 9.17) is 4.74 Å². The summed E-state index contributed by atoms with van der Waals surface area (Å²) in [4.78, 5) is 48.8. The molecular weight excluding hydrogens is 470 g/mol. The lowest BCUT2D eigenvalue weighted by Crippen LogP contribution is -2.28. The summed E-state index contributed by atoms with van der Waals surface area (Å²) in [5.41, 5.74) is 2.17. The number of ether oxygens (including phenoxy) is 1. The molecule has 2 aromatic rings. The molecule has 0 aliphatic carbocycles. The van der Waals surface area contributed by atoms with E-state index in [1.165, 1.54) is 11.0 Å². The Kier molecular flexibility index (Phi) is 6.69. The van der Waals surface area contributed by atoms with Crippen LogP contribution < -0.4 is 10.2 Å². The second kappa shape index (κ2) is 9.25. The van der Waals surface area contributed by atoms with E-state index in [1.54, 1.807) is 31.2 Å². The lowest BCUT2D eigenvalue weighted by atomic mass is 10.1. The van der Waals surface area contributed by atoms with E-state index in [0.29, 0.717) is 16.9 Å². The summed E-state index contributed by atoms with van der Waals surface area (Å²) in [7, 11) is 0. The van der Waals surface area contributed by atoms with Crippen molar-refractivity contribution in [2.24, 2.45) is 5.92 Å². The molecule has 31 heavy (non-hydrogen) atoms. The zero-order chi connectivity index (χ0) is 22.7. The molecule has 0 saturated carbocycles. The van der Waals surface area contributed by atoms with Gasteiger partial charge in [-0.2, -0.15) is 0 Å². The molecule has 0 unspecified atom stereocenters. The highest BCUT2D eigenvalue weighted by Crippen LogP contribution is 2.30. The lowest BCUT2D eigenvalue weighted by Gasteiger charge is -2.17. The number of carbonyl (C=O) groups is 3. The third kappa shape index (κ3) is 5.26. The van der Waals surface area contributed by atoms with Gasteiger partial charge < -0.3 is 15.0 Å². The average Bonchev–Trinajstić information content (AvgIpc) is 3.10. The van der Waals surface area contributed by atoms with Crippen molar-refractivity contribution < 1.29 is 24.0 Å². The Labute approximate surface area is 186 Å². The van der Waals surface area contributed by atoms with Gasteiger partial charge in [0.25, 0.3) is 11.6 Å². The molecule has 1 aliphatic heterocycles. The highest BCUT2D eigenvalue weighted by molar-refractivity contribution is 9.10. The van der Waals surface area contributed by atoms with Crippen LogP contribution in [0.3, 0.4) is 0 Å². The first kappa shape index (κ1) is 22.4. The number of benzene rings is 2. The van der Waals surface area contributed by atoms with E-state index in [9.17, 15) is 24.5 Å². The number of hydrogen-bond acceptors (Lipinski definition) is 6. The van der Waals surface area contributed by atoms with Crippen molar-refractivity contribution in [3.8, 4) is 0 Å². The van der Waals surface area contributed by atoms with Crippen LogP contribution in [0.1, 0.15) is 17.5 Å². The van der Waals surface area contributed by atoms with Crippen molar-refractivity contribution in [3.63, 3.8) is 0 Å². The van der Waals surface area contributed by atoms with E-state index < -0.39 is 29.3 Å². The van der Waals surface area contributed by atoms with Crippen LogP contribution in [0.25, 0.3) is 0 Å². The summed E-state index contributed by atoms with van der Waals surface area (Å²) in [5, 5.41) is 13.8. The Hall–Kier alpha value is -3.27. The van der Waals surface area contributed by atoms with Crippen molar-refractivity contribution in [2.75, 3.05) is 23.4 Å². The van der Waals surface area contributed by atoms with Gasteiger partial charge in [-0.25, -0.2) is 0 Å². The molecule has 1 N–H and O–H groups in total. The predicted molar refractivity (Wildman–Crippen MR) is 117 cm³/mol. The smallest absolute Gasteiger partial charge is 0.311 e. The maximum absolute atomic E-state index is 12.4. The molecule has 0 bridgehead atoms.